The highest BCUT2D eigenvalue weighted by atomic mass is 15.2. The van der Waals surface area contributed by atoms with Crippen molar-refractivity contribution in [1.29, 1.82) is 0 Å². The van der Waals surface area contributed by atoms with Gasteiger partial charge in [-0.05, 0) is 56.1 Å². The van der Waals surface area contributed by atoms with Crippen LogP contribution >= 0.6 is 0 Å². The maximum atomic E-state index is 4.39. The fourth-order valence-corrected chi connectivity index (χ4v) is 3.44. The van der Waals surface area contributed by atoms with E-state index in [9.17, 15) is 0 Å². The second kappa shape index (κ2) is 7.66. The fraction of sp³-hybridized carbons (Fsp3) is 0.474. The summed E-state index contributed by atoms with van der Waals surface area (Å²) in [7, 11) is 2.21. The Bertz CT molecular complexity index is 614. The summed E-state index contributed by atoms with van der Waals surface area (Å²) in [5, 5.41) is 0. The van der Waals surface area contributed by atoms with Crippen LogP contribution in [0.15, 0.2) is 42.9 Å². The first-order valence-corrected chi connectivity index (χ1v) is 8.41. The summed E-state index contributed by atoms with van der Waals surface area (Å²) in [5.41, 5.74) is 3.80. The van der Waals surface area contributed by atoms with Gasteiger partial charge in [0.05, 0.1) is 0 Å². The van der Waals surface area contributed by atoms with Gasteiger partial charge in [-0.2, -0.15) is 0 Å². The minimum absolute atomic E-state index is 0.758. The van der Waals surface area contributed by atoms with Crippen molar-refractivity contribution in [2.24, 2.45) is 5.92 Å². The largest absolute Gasteiger partial charge is 0.302 e. The van der Waals surface area contributed by atoms with Gasteiger partial charge >= 0.3 is 0 Å². The van der Waals surface area contributed by atoms with Crippen LogP contribution in [0.25, 0.3) is 0 Å². The van der Waals surface area contributed by atoms with Crippen molar-refractivity contribution in [2.75, 3.05) is 26.7 Å². The number of hydrogen-bond donors (Lipinski definition) is 0. The molecule has 23 heavy (non-hydrogen) atoms. The van der Waals surface area contributed by atoms with Crippen molar-refractivity contribution in [3.63, 3.8) is 0 Å². The van der Waals surface area contributed by atoms with Crippen molar-refractivity contribution in [2.45, 2.75) is 26.4 Å². The topological polar surface area (TPSA) is 32.3 Å². The first-order chi connectivity index (χ1) is 11.2. The molecule has 2 aromatic rings. The standard InChI is InChI=1S/C19H26N4/c1-16-19(6-4-9-21-16)15-23-10-7-18(14-23)13-22(2)12-17-5-3-8-20-11-17/h3-6,8-9,11,18H,7,10,12-15H2,1-2H3. The lowest BCUT2D eigenvalue weighted by atomic mass is 10.1. The zero-order valence-corrected chi connectivity index (χ0v) is 14.2. The van der Waals surface area contributed by atoms with Crippen LogP contribution in [0.3, 0.4) is 0 Å². The van der Waals surface area contributed by atoms with Crippen molar-refractivity contribution >= 4 is 0 Å². The summed E-state index contributed by atoms with van der Waals surface area (Å²) >= 11 is 0. The molecule has 4 heteroatoms. The summed E-state index contributed by atoms with van der Waals surface area (Å²) in [6, 6.07) is 8.40. The average Bonchev–Trinajstić information content (AvgIpc) is 2.97. The molecule has 0 aromatic carbocycles. The molecule has 0 bridgehead atoms. The van der Waals surface area contributed by atoms with E-state index in [1.165, 1.54) is 30.6 Å². The number of aryl methyl sites for hydroxylation is 1. The van der Waals surface area contributed by atoms with E-state index in [0.29, 0.717) is 0 Å². The number of pyridine rings is 2. The average molecular weight is 310 g/mol. The first-order valence-electron chi connectivity index (χ1n) is 8.41. The molecule has 0 amide bonds. The summed E-state index contributed by atoms with van der Waals surface area (Å²) in [6.07, 6.45) is 6.96. The van der Waals surface area contributed by atoms with Gasteiger partial charge in [-0.25, -0.2) is 0 Å². The molecule has 1 saturated heterocycles. The SMILES string of the molecule is Cc1ncccc1CN1CCC(CN(C)Cc2cccnc2)C1. The van der Waals surface area contributed by atoms with E-state index in [4.69, 9.17) is 0 Å². The zero-order chi connectivity index (χ0) is 16.1. The molecule has 1 fully saturated rings. The van der Waals surface area contributed by atoms with E-state index < -0.39 is 0 Å². The van der Waals surface area contributed by atoms with Crippen molar-refractivity contribution in [3.8, 4) is 0 Å². The van der Waals surface area contributed by atoms with Gasteiger partial charge in [-0.3, -0.25) is 14.9 Å². The zero-order valence-electron chi connectivity index (χ0n) is 14.2. The third-order valence-corrected chi connectivity index (χ3v) is 4.63. The lowest BCUT2D eigenvalue weighted by molar-refractivity contribution is 0.254. The molecule has 3 heterocycles. The van der Waals surface area contributed by atoms with Gasteiger partial charge in [-0.1, -0.05) is 12.1 Å². The number of nitrogens with zero attached hydrogens (tertiary/aromatic N) is 4. The van der Waals surface area contributed by atoms with Gasteiger partial charge in [-0.15, -0.1) is 0 Å². The highest BCUT2D eigenvalue weighted by Crippen LogP contribution is 2.20. The molecule has 1 aliphatic rings. The molecule has 0 radical (unpaired) electrons. The van der Waals surface area contributed by atoms with Gasteiger partial charge < -0.3 is 4.90 Å². The van der Waals surface area contributed by atoms with Crippen molar-refractivity contribution < 1.29 is 0 Å². The summed E-state index contributed by atoms with van der Waals surface area (Å²) in [4.78, 5) is 13.6. The normalized spacial score (nSPS) is 18.7. The number of likely N-dealkylation sites (tertiary alicyclic amines) is 1. The second-order valence-electron chi connectivity index (χ2n) is 6.70. The van der Waals surface area contributed by atoms with Crippen LogP contribution in [0.5, 0.6) is 0 Å². The highest BCUT2D eigenvalue weighted by Gasteiger charge is 2.23. The third-order valence-electron chi connectivity index (χ3n) is 4.63. The molecule has 0 N–H and O–H groups in total. The van der Waals surface area contributed by atoms with Gasteiger partial charge in [0.15, 0.2) is 0 Å². The molecule has 1 aliphatic heterocycles. The van der Waals surface area contributed by atoms with Crippen LogP contribution in [0.4, 0.5) is 0 Å². The second-order valence-corrected chi connectivity index (χ2v) is 6.70. The predicted octanol–water partition coefficient (Wildman–Crippen LogP) is 2.74. The minimum atomic E-state index is 0.758. The maximum Gasteiger partial charge on any atom is 0.0417 e. The van der Waals surface area contributed by atoms with Gasteiger partial charge in [0, 0.05) is 50.5 Å². The van der Waals surface area contributed by atoms with Crippen molar-refractivity contribution in [1.82, 2.24) is 19.8 Å². The smallest absolute Gasteiger partial charge is 0.0417 e. The Balaban J connectivity index is 1.47. The molecule has 0 aliphatic carbocycles. The minimum Gasteiger partial charge on any atom is -0.302 e. The fourth-order valence-electron chi connectivity index (χ4n) is 3.44. The van der Waals surface area contributed by atoms with Crippen LogP contribution < -0.4 is 0 Å². The lowest BCUT2D eigenvalue weighted by Gasteiger charge is -2.21. The number of rotatable bonds is 6. The van der Waals surface area contributed by atoms with E-state index in [-0.39, 0.29) is 0 Å². The summed E-state index contributed by atoms with van der Waals surface area (Å²) in [5.74, 6) is 0.758. The molecule has 2 aromatic heterocycles. The molecule has 0 spiro atoms. The lowest BCUT2D eigenvalue weighted by Crippen LogP contribution is -2.28. The van der Waals surface area contributed by atoms with E-state index in [2.05, 4.69) is 45.9 Å². The summed E-state index contributed by atoms with van der Waals surface area (Å²) in [6.45, 7) is 7.64. The Kier molecular flexibility index (Phi) is 5.36. The van der Waals surface area contributed by atoms with Crippen LogP contribution in [0.2, 0.25) is 0 Å². The first kappa shape index (κ1) is 16.1. The Hall–Kier alpha value is -1.78. The third kappa shape index (κ3) is 4.60. The molecule has 3 rings (SSSR count). The van der Waals surface area contributed by atoms with Crippen LogP contribution in [-0.4, -0.2) is 46.4 Å². The molecule has 0 saturated carbocycles. The van der Waals surface area contributed by atoms with E-state index in [1.807, 2.05) is 30.7 Å². The van der Waals surface area contributed by atoms with Gasteiger partial charge in [0.25, 0.3) is 0 Å². The Morgan fingerprint density at radius 2 is 2.13 bits per heavy atom. The van der Waals surface area contributed by atoms with Gasteiger partial charge in [0.2, 0.25) is 0 Å². The molecule has 4 nitrogen and oxygen atoms in total. The molecule has 1 atom stereocenters. The molecule has 122 valence electrons. The molecular weight excluding hydrogens is 284 g/mol. The Labute approximate surface area is 139 Å². The molecule has 1 unspecified atom stereocenters. The van der Waals surface area contributed by atoms with Crippen LogP contribution in [0, 0.1) is 12.8 Å². The number of aromatic nitrogens is 2. The van der Waals surface area contributed by atoms with Crippen molar-refractivity contribution in [3.05, 3.63) is 59.7 Å². The molecular formula is C19H26N4. The maximum absolute atomic E-state index is 4.39. The van der Waals surface area contributed by atoms with E-state index in [1.54, 1.807) is 0 Å². The van der Waals surface area contributed by atoms with E-state index >= 15 is 0 Å². The van der Waals surface area contributed by atoms with Crippen LogP contribution in [0.1, 0.15) is 23.2 Å². The number of hydrogen-bond acceptors (Lipinski definition) is 4. The van der Waals surface area contributed by atoms with Crippen LogP contribution in [-0.2, 0) is 13.1 Å². The van der Waals surface area contributed by atoms with Gasteiger partial charge in [0.1, 0.15) is 0 Å². The predicted molar refractivity (Wildman–Crippen MR) is 92.9 cm³/mol. The monoisotopic (exact) mass is 310 g/mol. The Morgan fingerprint density at radius 3 is 2.91 bits per heavy atom. The Morgan fingerprint density at radius 1 is 1.26 bits per heavy atom. The highest BCUT2D eigenvalue weighted by molar-refractivity contribution is 5.18. The quantitative estimate of drug-likeness (QED) is 0.821. The summed E-state index contributed by atoms with van der Waals surface area (Å²) < 4.78 is 0. The van der Waals surface area contributed by atoms with E-state index in [0.717, 1.165) is 31.2 Å².